The average Bonchev–Trinajstić information content (AvgIpc) is 2.73. The number of rotatable bonds is 3. The topological polar surface area (TPSA) is 67.3 Å². The summed E-state index contributed by atoms with van der Waals surface area (Å²) in [5.74, 6) is -0.0745. The van der Waals surface area contributed by atoms with Gasteiger partial charge < -0.3 is 5.11 Å². The highest BCUT2D eigenvalue weighted by molar-refractivity contribution is 7.93. The molecule has 0 aromatic carbocycles. The van der Waals surface area contributed by atoms with Gasteiger partial charge in [0, 0.05) is 11.8 Å². The predicted octanol–water partition coefficient (Wildman–Crippen LogP) is 2.80. The number of sulfone groups is 1. The van der Waals surface area contributed by atoms with Gasteiger partial charge in [-0.15, -0.1) is 11.3 Å². The molecule has 0 saturated heterocycles. The summed E-state index contributed by atoms with van der Waals surface area (Å²) in [7, 11) is -3.72. The van der Waals surface area contributed by atoms with Crippen LogP contribution in [0.25, 0.3) is 0 Å². The maximum atomic E-state index is 12.3. The monoisotopic (exact) mass is 283 g/mol. The van der Waals surface area contributed by atoms with Crippen LogP contribution < -0.4 is 0 Å². The SMILES string of the molecule is CC(C)c1csc(S(=O)(=O)c2ccccn2)c1O. The zero-order valence-electron chi connectivity index (χ0n) is 9.99. The molecule has 0 unspecified atom stereocenters. The number of pyridine rings is 1. The molecular weight excluding hydrogens is 270 g/mol. The van der Waals surface area contributed by atoms with E-state index >= 15 is 0 Å². The standard InChI is InChI=1S/C12H13NO3S2/c1-8(2)9-7-17-12(11(9)14)18(15,16)10-5-3-4-6-13-10/h3-8,14H,1-2H3. The van der Waals surface area contributed by atoms with Crippen LogP contribution in [-0.4, -0.2) is 18.5 Å². The maximum Gasteiger partial charge on any atom is 0.236 e. The van der Waals surface area contributed by atoms with Gasteiger partial charge in [-0.2, -0.15) is 0 Å². The average molecular weight is 283 g/mol. The van der Waals surface area contributed by atoms with Crippen LogP contribution in [-0.2, 0) is 9.84 Å². The first kappa shape index (κ1) is 13.0. The Morgan fingerprint density at radius 3 is 2.56 bits per heavy atom. The minimum absolute atomic E-state index is 0.0371. The number of hydrogen-bond donors (Lipinski definition) is 1. The minimum atomic E-state index is -3.72. The fourth-order valence-electron chi connectivity index (χ4n) is 1.55. The van der Waals surface area contributed by atoms with Gasteiger partial charge in [0.1, 0.15) is 5.75 Å². The van der Waals surface area contributed by atoms with E-state index in [-0.39, 0.29) is 20.9 Å². The van der Waals surface area contributed by atoms with E-state index in [0.717, 1.165) is 11.3 Å². The summed E-state index contributed by atoms with van der Waals surface area (Å²) >= 11 is 1.03. The van der Waals surface area contributed by atoms with Crippen LogP contribution in [0, 0.1) is 0 Å². The van der Waals surface area contributed by atoms with E-state index in [0.29, 0.717) is 5.56 Å². The highest BCUT2D eigenvalue weighted by Gasteiger charge is 2.27. The van der Waals surface area contributed by atoms with Gasteiger partial charge in [0.25, 0.3) is 0 Å². The molecule has 0 aliphatic rings. The predicted molar refractivity (Wildman–Crippen MR) is 69.8 cm³/mol. The smallest absolute Gasteiger partial charge is 0.236 e. The molecule has 1 N–H and O–H groups in total. The van der Waals surface area contributed by atoms with Crippen LogP contribution in [0.3, 0.4) is 0 Å². The highest BCUT2D eigenvalue weighted by Crippen LogP contribution is 2.39. The second kappa shape index (κ2) is 4.70. The Kier molecular flexibility index (Phi) is 3.41. The maximum absolute atomic E-state index is 12.3. The van der Waals surface area contributed by atoms with Gasteiger partial charge in [-0.3, -0.25) is 0 Å². The van der Waals surface area contributed by atoms with Crippen molar-refractivity contribution in [2.24, 2.45) is 0 Å². The van der Waals surface area contributed by atoms with Gasteiger partial charge in [-0.05, 0) is 23.4 Å². The van der Waals surface area contributed by atoms with Crippen molar-refractivity contribution in [3.05, 3.63) is 35.3 Å². The molecule has 6 heteroatoms. The lowest BCUT2D eigenvalue weighted by atomic mass is 10.1. The third-order valence-electron chi connectivity index (χ3n) is 2.54. The van der Waals surface area contributed by atoms with E-state index in [1.54, 1.807) is 17.5 Å². The Labute approximate surface area is 110 Å². The van der Waals surface area contributed by atoms with Crippen LogP contribution in [0.2, 0.25) is 0 Å². The molecule has 0 fully saturated rings. The first-order valence-electron chi connectivity index (χ1n) is 5.41. The molecule has 0 saturated carbocycles. The van der Waals surface area contributed by atoms with Crippen molar-refractivity contribution in [1.29, 1.82) is 0 Å². The van der Waals surface area contributed by atoms with Gasteiger partial charge in [0.15, 0.2) is 9.24 Å². The number of aromatic nitrogens is 1. The molecule has 0 aliphatic carbocycles. The summed E-state index contributed by atoms with van der Waals surface area (Å²) in [6.07, 6.45) is 1.42. The summed E-state index contributed by atoms with van der Waals surface area (Å²) in [5, 5.41) is 11.6. The lowest BCUT2D eigenvalue weighted by molar-refractivity contribution is 0.454. The van der Waals surface area contributed by atoms with Crippen LogP contribution in [0.15, 0.2) is 39.0 Å². The molecule has 0 radical (unpaired) electrons. The zero-order valence-corrected chi connectivity index (χ0v) is 11.6. The third-order valence-corrected chi connectivity index (χ3v) is 5.74. The highest BCUT2D eigenvalue weighted by atomic mass is 32.2. The van der Waals surface area contributed by atoms with Crippen molar-refractivity contribution in [3.63, 3.8) is 0 Å². The van der Waals surface area contributed by atoms with Crippen molar-refractivity contribution < 1.29 is 13.5 Å². The Bertz CT molecular complexity index is 645. The third kappa shape index (κ3) is 2.13. The fraction of sp³-hybridized carbons (Fsp3) is 0.250. The summed E-state index contributed by atoms with van der Waals surface area (Å²) in [5.41, 5.74) is 0.648. The van der Waals surface area contributed by atoms with Gasteiger partial charge in [-0.25, -0.2) is 13.4 Å². The molecule has 4 nitrogen and oxygen atoms in total. The lowest BCUT2D eigenvalue weighted by Gasteiger charge is -2.04. The van der Waals surface area contributed by atoms with Gasteiger partial charge in [0.2, 0.25) is 9.84 Å². The summed E-state index contributed by atoms with van der Waals surface area (Å²) in [6, 6.07) is 4.67. The molecule has 0 spiro atoms. The molecule has 96 valence electrons. The zero-order chi connectivity index (χ0) is 13.3. The lowest BCUT2D eigenvalue weighted by Crippen LogP contribution is -2.02. The Hall–Kier alpha value is -1.40. The molecule has 18 heavy (non-hydrogen) atoms. The van der Waals surface area contributed by atoms with E-state index in [2.05, 4.69) is 4.98 Å². The van der Waals surface area contributed by atoms with E-state index < -0.39 is 9.84 Å². The summed E-state index contributed by atoms with van der Waals surface area (Å²) < 4.78 is 24.5. The second-order valence-corrected chi connectivity index (χ2v) is 7.12. The molecule has 0 atom stereocenters. The fourth-order valence-corrected chi connectivity index (χ4v) is 4.32. The van der Waals surface area contributed by atoms with Crippen molar-refractivity contribution >= 4 is 21.2 Å². The van der Waals surface area contributed by atoms with Crippen molar-refractivity contribution in [2.45, 2.75) is 29.0 Å². The molecule has 0 aliphatic heterocycles. The number of aromatic hydroxyl groups is 1. The summed E-state index contributed by atoms with van der Waals surface area (Å²) in [6.45, 7) is 3.80. The molecule has 2 aromatic rings. The molecule has 0 amide bonds. The normalized spacial score (nSPS) is 11.9. The van der Waals surface area contributed by atoms with Crippen LogP contribution in [0.1, 0.15) is 25.3 Å². The van der Waals surface area contributed by atoms with Gasteiger partial charge in [-0.1, -0.05) is 19.9 Å². The van der Waals surface area contributed by atoms with E-state index in [1.807, 2.05) is 13.8 Å². The molecule has 2 heterocycles. The van der Waals surface area contributed by atoms with Crippen molar-refractivity contribution in [3.8, 4) is 5.75 Å². The Morgan fingerprint density at radius 1 is 1.33 bits per heavy atom. The van der Waals surface area contributed by atoms with E-state index in [1.165, 1.54) is 12.3 Å². The molecular formula is C12H13NO3S2. The summed E-state index contributed by atoms with van der Waals surface area (Å²) in [4.78, 5) is 3.83. The minimum Gasteiger partial charge on any atom is -0.505 e. The van der Waals surface area contributed by atoms with Crippen LogP contribution in [0.4, 0.5) is 0 Å². The van der Waals surface area contributed by atoms with Crippen LogP contribution in [0.5, 0.6) is 5.75 Å². The largest absolute Gasteiger partial charge is 0.505 e. The number of nitrogens with zero attached hydrogens (tertiary/aromatic N) is 1. The van der Waals surface area contributed by atoms with Crippen molar-refractivity contribution in [2.75, 3.05) is 0 Å². The molecule has 2 aromatic heterocycles. The van der Waals surface area contributed by atoms with Gasteiger partial charge in [0.05, 0.1) is 0 Å². The van der Waals surface area contributed by atoms with Gasteiger partial charge >= 0.3 is 0 Å². The Morgan fingerprint density at radius 2 is 2.06 bits per heavy atom. The first-order chi connectivity index (χ1) is 8.44. The second-order valence-electron chi connectivity index (χ2n) is 4.15. The van der Waals surface area contributed by atoms with E-state index in [4.69, 9.17) is 0 Å². The number of thiophene rings is 1. The van der Waals surface area contributed by atoms with Crippen molar-refractivity contribution in [1.82, 2.24) is 4.98 Å². The van der Waals surface area contributed by atoms with Crippen LogP contribution >= 0.6 is 11.3 Å². The molecule has 2 rings (SSSR count). The first-order valence-corrected chi connectivity index (χ1v) is 7.77. The number of hydrogen-bond acceptors (Lipinski definition) is 5. The Balaban J connectivity index is 2.56. The quantitative estimate of drug-likeness (QED) is 0.940. The van der Waals surface area contributed by atoms with E-state index in [9.17, 15) is 13.5 Å². The molecule has 0 bridgehead atoms.